The molecular formula is C15H11BrF2N2. The van der Waals surface area contributed by atoms with Gasteiger partial charge < -0.3 is 5.32 Å². The van der Waals surface area contributed by atoms with Crippen molar-refractivity contribution in [3.8, 4) is 6.07 Å². The van der Waals surface area contributed by atoms with Crippen molar-refractivity contribution in [1.82, 2.24) is 0 Å². The second-order valence-corrected chi connectivity index (χ2v) is 5.06. The molecule has 0 saturated carbocycles. The molecule has 20 heavy (non-hydrogen) atoms. The van der Waals surface area contributed by atoms with Crippen molar-refractivity contribution < 1.29 is 8.78 Å². The van der Waals surface area contributed by atoms with Crippen LogP contribution in [-0.2, 0) is 6.54 Å². The lowest BCUT2D eigenvalue weighted by Gasteiger charge is -2.10. The summed E-state index contributed by atoms with van der Waals surface area (Å²) < 4.78 is 26.0. The molecule has 0 unspecified atom stereocenters. The van der Waals surface area contributed by atoms with Crippen molar-refractivity contribution in [1.29, 1.82) is 5.26 Å². The summed E-state index contributed by atoms with van der Waals surface area (Å²) in [6.45, 7) is 0.436. The molecule has 0 atom stereocenters. The Labute approximate surface area is 124 Å². The summed E-state index contributed by atoms with van der Waals surface area (Å²) in [6, 6.07) is 13.5. The van der Waals surface area contributed by atoms with Gasteiger partial charge in [-0.05, 0) is 45.8 Å². The highest BCUT2D eigenvalue weighted by Crippen LogP contribution is 2.25. The quantitative estimate of drug-likeness (QED) is 0.864. The zero-order valence-electron chi connectivity index (χ0n) is 10.4. The molecule has 0 spiro atoms. The third kappa shape index (κ3) is 3.55. The molecule has 102 valence electrons. The van der Waals surface area contributed by atoms with Crippen LogP contribution in [0.5, 0.6) is 0 Å². The van der Waals surface area contributed by atoms with Gasteiger partial charge in [0.25, 0.3) is 6.43 Å². The van der Waals surface area contributed by atoms with E-state index in [-0.39, 0.29) is 5.56 Å². The van der Waals surface area contributed by atoms with Gasteiger partial charge in [-0.15, -0.1) is 0 Å². The van der Waals surface area contributed by atoms with Crippen LogP contribution in [0.4, 0.5) is 14.5 Å². The van der Waals surface area contributed by atoms with Gasteiger partial charge in [0.15, 0.2) is 0 Å². The van der Waals surface area contributed by atoms with E-state index in [9.17, 15) is 8.78 Å². The van der Waals surface area contributed by atoms with Crippen molar-refractivity contribution in [2.45, 2.75) is 13.0 Å². The van der Waals surface area contributed by atoms with E-state index in [4.69, 9.17) is 5.26 Å². The predicted octanol–water partition coefficient (Wildman–Crippen LogP) is 4.87. The second-order valence-electron chi connectivity index (χ2n) is 4.21. The van der Waals surface area contributed by atoms with Crippen LogP contribution in [0.25, 0.3) is 0 Å². The molecule has 0 aliphatic rings. The van der Waals surface area contributed by atoms with Crippen LogP contribution in [-0.4, -0.2) is 0 Å². The fourth-order valence-electron chi connectivity index (χ4n) is 1.76. The van der Waals surface area contributed by atoms with E-state index < -0.39 is 6.43 Å². The lowest BCUT2D eigenvalue weighted by molar-refractivity contribution is 0.151. The molecule has 0 saturated heterocycles. The lowest BCUT2D eigenvalue weighted by atomic mass is 10.1. The molecule has 2 nitrogen and oxygen atoms in total. The fraction of sp³-hybridized carbons (Fsp3) is 0.133. The van der Waals surface area contributed by atoms with Crippen molar-refractivity contribution in [2.75, 3.05) is 5.32 Å². The third-order valence-corrected chi connectivity index (χ3v) is 3.44. The van der Waals surface area contributed by atoms with Gasteiger partial charge in [0.05, 0.1) is 11.6 Å². The molecule has 1 N–H and O–H groups in total. The Balaban J connectivity index is 2.09. The molecule has 0 radical (unpaired) electrons. The minimum atomic E-state index is -2.46. The number of nitrogens with zero attached hydrogens (tertiary/aromatic N) is 1. The van der Waals surface area contributed by atoms with Gasteiger partial charge in [-0.2, -0.15) is 5.26 Å². The highest BCUT2D eigenvalue weighted by molar-refractivity contribution is 9.10. The highest BCUT2D eigenvalue weighted by Gasteiger charge is 2.07. The average molecular weight is 337 g/mol. The van der Waals surface area contributed by atoms with Crippen molar-refractivity contribution >= 4 is 21.6 Å². The standard InChI is InChI=1S/C15H11BrF2N2/c16-13-7-10(8-19)4-5-14(13)20-9-11-2-1-3-12(6-11)15(17)18/h1-7,15,20H,9H2. The van der Waals surface area contributed by atoms with Crippen molar-refractivity contribution in [3.05, 3.63) is 63.6 Å². The SMILES string of the molecule is N#Cc1ccc(NCc2cccc(C(F)F)c2)c(Br)c1. The van der Waals surface area contributed by atoms with Crippen LogP contribution < -0.4 is 5.32 Å². The molecule has 2 aromatic carbocycles. The average Bonchev–Trinajstić information content (AvgIpc) is 2.46. The minimum absolute atomic E-state index is 0.0168. The number of alkyl halides is 2. The first kappa shape index (κ1) is 14.5. The van der Waals surface area contributed by atoms with Gasteiger partial charge >= 0.3 is 0 Å². The van der Waals surface area contributed by atoms with Gasteiger partial charge in [-0.3, -0.25) is 0 Å². The molecule has 0 heterocycles. The smallest absolute Gasteiger partial charge is 0.263 e. The topological polar surface area (TPSA) is 35.8 Å². The van der Waals surface area contributed by atoms with E-state index in [2.05, 4.69) is 21.2 Å². The number of nitriles is 1. The molecule has 2 rings (SSSR count). The molecule has 2 aromatic rings. The highest BCUT2D eigenvalue weighted by atomic mass is 79.9. The van der Waals surface area contributed by atoms with E-state index >= 15 is 0 Å². The van der Waals surface area contributed by atoms with Crippen LogP contribution in [0, 0.1) is 11.3 Å². The summed E-state index contributed by atoms with van der Waals surface area (Å²) in [7, 11) is 0. The van der Waals surface area contributed by atoms with Crippen LogP contribution in [0.1, 0.15) is 23.1 Å². The predicted molar refractivity (Wildman–Crippen MR) is 77.6 cm³/mol. The maximum Gasteiger partial charge on any atom is 0.263 e. The molecule has 0 amide bonds. The first-order valence-corrected chi connectivity index (χ1v) is 6.70. The Morgan fingerprint density at radius 3 is 2.65 bits per heavy atom. The van der Waals surface area contributed by atoms with Crippen LogP contribution in [0.2, 0.25) is 0 Å². The van der Waals surface area contributed by atoms with E-state index in [1.165, 1.54) is 12.1 Å². The summed E-state index contributed by atoms with van der Waals surface area (Å²) in [5.74, 6) is 0. The minimum Gasteiger partial charge on any atom is -0.380 e. The zero-order valence-corrected chi connectivity index (χ0v) is 12.0. The Morgan fingerprint density at radius 2 is 2.00 bits per heavy atom. The monoisotopic (exact) mass is 336 g/mol. The summed E-state index contributed by atoms with van der Waals surface area (Å²) >= 11 is 3.37. The summed E-state index contributed by atoms with van der Waals surface area (Å²) in [4.78, 5) is 0. The van der Waals surface area contributed by atoms with Gasteiger partial charge in [0.1, 0.15) is 0 Å². The Morgan fingerprint density at radius 1 is 1.20 bits per heavy atom. The van der Waals surface area contributed by atoms with E-state index in [1.54, 1.807) is 30.3 Å². The van der Waals surface area contributed by atoms with Gasteiger partial charge in [-0.1, -0.05) is 18.2 Å². The molecular weight excluding hydrogens is 326 g/mol. The molecule has 0 aliphatic heterocycles. The molecule has 5 heteroatoms. The summed E-state index contributed by atoms with van der Waals surface area (Å²) in [5.41, 5.74) is 2.16. The van der Waals surface area contributed by atoms with Crippen LogP contribution in [0.3, 0.4) is 0 Å². The Kier molecular flexibility index (Phi) is 4.70. The Hall–Kier alpha value is -1.93. The second kappa shape index (κ2) is 6.49. The number of hydrogen-bond donors (Lipinski definition) is 1. The third-order valence-electron chi connectivity index (χ3n) is 2.78. The first-order valence-electron chi connectivity index (χ1n) is 5.90. The molecule has 0 fully saturated rings. The number of benzene rings is 2. The van der Waals surface area contributed by atoms with Crippen molar-refractivity contribution in [2.24, 2.45) is 0 Å². The number of halogens is 3. The number of hydrogen-bond acceptors (Lipinski definition) is 2. The normalized spacial score (nSPS) is 10.3. The van der Waals surface area contributed by atoms with Gasteiger partial charge in [0.2, 0.25) is 0 Å². The molecule has 0 bridgehead atoms. The van der Waals surface area contributed by atoms with Gasteiger partial charge in [-0.25, -0.2) is 8.78 Å². The lowest BCUT2D eigenvalue weighted by Crippen LogP contribution is -2.01. The largest absolute Gasteiger partial charge is 0.380 e. The summed E-state index contributed by atoms with van der Waals surface area (Å²) in [5, 5.41) is 11.9. The fourth-order valence-corrected chi connectivity index (χ4v) is 2.28. The first-order chi connectivity index (χ1) is 9.60. The van der Waals surface area contributed by atoms with Gasteiger partial charge in [0, 0.05) is 22.3 Å². The van der Waals surface area contributed by atoms with E-state index in [0.29, 0.717) is 12.1 Å². The van der Waals surface area contributed by atoms with E-state index in [1.807, 2.05) is 6.07 Å². The Bertz CT molecular complexity index is 651. The van der Waals surface area contributed by atoms with Crippen molar-refractivity contribution in [3.63, 3.8) is 0 Å². The number of anilines is 1. The number of rotatable bonds is 4. The maximum atomic E-state index is 12.6. The van der Waals surface area contributed by atoms with Crippen LogP contribution in [0.15, 0.2) is 46.9 Å². The molecule has 0 aromatic heterocycles. The van der Waals surface area contributed by atoms with E-state index in [0.717, 1.165) is 15.7 Å². The van der Waals surface area contributed by atoms with Crippen LogP contribution >= 0.6 is 15.9 Å². The maximum absolute atomic E-state index is 12.6. The molecule has 0 aliphatic carbocycles. The zero-order chi connectivity index (χ0) is 14.5. The number of nitrogens with one attached hydrogen (secondary N) is 1. The summed E-state index contributed by atoms with van der Waals surface area (Å²) in [6.07, 6.45) is -2.46.